The summed E-state index contributed by atoms with van der Waals surface area (Å²) in [6.07, 6.45) is 4.45. The minimum atomic E-state index is -0.404. The maximum Gasteiger partial charge on any atom is 0.254 e. The number of amides is 2. The Morgan fingerprint density at radius 1 is 0.970 bits per heavy atom. The summed E-state index contributed by atoms with van der Waals surface area (Å²) in [7, 11) is 0. The van der Waals surface area contributed by atoms with Crippen LogP contribution < -0.4 is 5.32 Å². The van der Waals surface area contributed by atoms with E-state index in [9.17, 15) is 14.0 Å². The highest BCUT2D eigenvalue weighted by Gasteiger charge is 2.37. The van der Waals surface area contributed by atoms with Gasteiger partial charge in [0.05, 0.1) is 6.04 Å². The van der Waals surface area contributed by atoms with Gasteiger partial charge in [-0.3, -0.25) is 14.5 Å². The smallest absolute Gasteiger partial charge is 0.254 e. The van der Waals surface area contributed by atoms with Gasteiger partial charge in [-0.15, -0.1) is 0 Å². The lowest BCUT2D eigenvalue weighted by molar-refractivity contribution is -0.123. The summed E-state index contributed by atoms with van der Waals surface area (Å²) in [5.74, 6) is 0.280. The quantitative estimate of drug-likeness (QED) is 0.679. The predicted octanol–water partition coefficient (Wildman–Crippen LogP) is 4.90. The van der Waals surface area contributed by atoms with Crippen molar-refractivity contribution in [3.05, 3.63) is 65.5 Å². The van der Waals surface area contributed by atoms with Crippen LogP contribution in [0.2, 0.25) is 0 Å². The van der Waals surface area contributed by atoms with Gasteiger partial charge < -0.3 is 10.2 Å². The maximum absolute atomic E-state index is 13.5. The summed E-state index contributed by atoms with van der Waals surface area (Å²) in [6.45, 7) is 6.67. The SMILES string of the molecule is CC(C)c1ccc(NC(=O)C(C2CCCC2)N2CCN(C(=O)c3cccc(F)c3)CC2)cc1. The zero-order valence-electron chi connectivity index (χ0n) is 19.6. The number of halogens is 1. The molecule has 0 bridgehead atoms. The molecule has 1 atom stereocenters. The monoisotopic (exact) mass is 451 g/mol. The van der Waals surface area contributed by atoms with Crippen LogP contribution in [0, 0.1) is 11.7 Å². The first-order valence-corrected chi connectivity index (χ1v) is 12.1. The first-order valence-electron chi connectivity index (χ1n) is 12.1. The predicted molar refractivity (Wildman–Crippen MR) is 129 cm³/mol. The number of anilines is 1. The third-order valence-corrected chi connectivity index (χ3v) is 7.03. The lowest BCUT2D eigenvalue weighted by atomic mass is 9.94. The molecule has 2 aromatic carbocycles. The van der Waals surface area contributed by atoms with E-state index >= 15 is 0 Å². The van der Waals surface area contributed by atoms with Crippen LogP contribution in [0.15, 0.2) is 48.5 Å². The molecule has 6 heteroatoms. The van der Waals surface area contributed by atoms with Crippen molar-refractivity contribution in [2.45, 2.75) is 51.5 Å². The second-order valence-corrected chi connectivity index (χ2v) is 9.59. The number of hydrogen-bond donors (Lipinski definition) is 1. The highest BCUT2D eigenvalue weighted by molar-refractivity contribution is 5.95. The summed E-state index contributed by atoms with van der Waals surface area (Å²) in [6, 6.07) is 13.8. The van der Waals surface area contributed by atoms with Crippen LogP contribution in [-0.2, 0) is 4.79 Å². The van der Waals surface area contributed by atoms with Gasteiger partial charge in [-0.2, -0.15) is 0 Å². The molecule has 4 rings (SSSR count). The van der Waals surface area contributed by atoms with Crippen molar-refractivity contribution in [2.24, 2.45) is 5.92 Å². The van der Waals surface area contributed by atoms with Crippen LogP contribution in [0.1, 0.15) is 61.4 Å². The van der Waals surface area contributed by atoms with Crippen molar-refractivity contribution in [3.8, 4) is 0 Å². The van der Waals surface area contributed by atoms with Crippen LogP contribution >= 0.6 is 0 Å². The Bertz CT molecular complexity index is 962. The third-order valence-electron chi connectivity index (χ3n) is 7.03. The molecule has 0 spiro atoms. The van der Waals surface area contributed by atoms with Gasteiger partial charge in [-0.1, -0.05) is 44.9 Å². The Morgan fingerprint density at radius 3 is 2.24 bits per heavy atom. The average molecular weight is 452 g/mol. The van der Waals surface area contributed by atoms with Crippen molar-refractivity contribution in [1.82, 2.24) is 9.80 Å². The molecule has 5 nitrogen and oxygen atoms in total. The topological polar surface area (TPSA) is 52.7 Å². The van der Waals surface area contributed by atoms with Gasteiger partial charge in [0.15, 0.2) is 0 Å². The summed E-state index contributed by atoms with van der Waals surface area (Å²) in [5.41, 5.74) is 2.45. The van der Waals surface area contributed by atoms with E-state index in [1.54, 1.807) is 17.0 Å². The van der Waals surface area contributed by atoms with Crippen molar-refractivity contribution in [2.75, 3.05) is 31.5 Å². The number of carbonyl (C=O) groups excluding carboxylic acids is 2. The molecule has 2 amide bonds. The van der Waals surface area contributed by atoms with Crippen LogP contribution in [0.5, 0.6) is 0 Å². The fraction of sp³-hybridized carbons (Fsp3) is 0.481. The van der Waals surface area contributed by atoms with E-state index < -0.39 is 5.82 Å². The van der Waals surface area contributed by atoms with Crippen LogP contribution in [0.4, 0.5) is 10.1 Å². The van der Waals surface area contributed by atoms with E-state index in [4.69, 9.17) is 0 Å². The number of rotatable bonds is 6. The summed E-state index contributed by atoms with van der Waals surface area (Å²) in [4.78, 5) is 30.2. The zero-order valence-corrected chi connectivity index (χ0v) is 19.6. The van der Waals surface area contributed by atoms with Gasteiger partial charge in [0.1, 0.15) is 5.82 Å². The average Bonchev–Trinajstić information content (AvgIpc) is 3.34. The fourth-order valence-corrected chi connectivity index (χ4v) is 5.13. The number of carbonyl (C=O) groups is 2. The lowest BCUT2D eigenvalue weighted by Gasteiger charge is -2.40. The van der Waals surface area contributed by atoms with Crippen LogP contribution in [0.3, 0.4) is 0 Å². The fourth-order valence-electron chi connectivity index (χ4n) is 5.13. The molecule has 0 aromatic heterocycles. The Hall–Kier alpha value is -2.73. The minimum Gasteiger partial charge on any atom is -0.336 e. The van der Waals surface area contributed by atoms with Gasteiger partial charge in [0.25, 0.3) is 5.91 Å². The molecule has 2 fully saturated rings. The Balaban J connectivity index is 1.42. The van der Waals surface area contributed by atoms with Crippen LogP contribution in [0.25, 0.3) is 0 Å². The molecule has 176 valence electrons. The molecule has 1 saturated carbocycles. The number of benzene rings is 2. The minimum absolute atomic E-state index is 0.0455. The number of hydrogen-bond acceptors (Lipinski definition) is 3. The Labute approximate surface area is 196 Å². The van der Waals surface area contributed by atoms with E-state index in [1.807, 2.05) is 12.1 Å². The van der Waals surface area contributed by atoms with Crippen molar-refractivity contribution >= 4 is 17.5 Å². The van der Waals surface area contributed by atoms with Crippen LogP contribution in [-0.4, -0.2) is 53.8 Å². The first-order chi connectivity index (χ1) is 15.9. The molecule has 1 aliphatic heterocycles. The van der Waals surface area contributed by atoms with Gasteiger partial charge in [-0.05, 0) is 60.6 Å². The molecule has 2 aromatic rings. The molecule has 0 radical (unpaired) electrons. The van der Waals surface area contributed by atoms with E-state index in [-0.39, 0.29) is 17.9 Å². The summed E-state index contributed by atoms with van der Waals surface area (Å²) in [5, 5.41) is 3.15. The highest BCUT2D eigenvalue weighted by Crippen LogP contribution is 2.32. The molecule has 1 N–H and O–H groups in total. The zero-order chi connectivity index (χ0) is 23.4. The molecule has 1 unspecified atom stereocenters. The second kappa shape index (κ2) is 10.5. The second-order valence-electron chi connectivity index (χ2n) is 9.59. The molecule has 1 heterocycles. The number of piperazine rings is 1. The molecule has 1 aliphatic carbocycles. The van der Waals surface area contributed by atoms with E-state index in [0.29, 0.717) is 43.6 Å². The Kier molecular flexibility index (Phi) is 7.43. The molecular weight excluding hydrogens is 417 g/mol. The lowest BCUT2D eigenvalue weighted by Crippen LogP contribution is -2.56. The van der Waals surface area contributed by atoms with Gasteiger partial charge in [-0.25, -0.2) is 4.39 Å². The normalized spacial score (nSPS) is 18.5. The van der Waals surface area contributed by atoms with E-state index in [1.165, 1.54) is 17.7 Å². The Morgan fingerprint density at radius 2 is 1.64 bits per heavy atom. The van der Waals surface area contributed by atoms with Crippen molar-refractivity contribution in [1.29, 1.82) is 0 Å². The summed E-state index contributed by atoms with van der Waals surface area (Å²) < 4.78 is 13.5. The largest absolute Gasteiger partial charge is 0.336 e. The standard InChI is InChI=1S/C27H34FN3O2/c1-19(2)20-10-12-24(13-11-20)29-26(32)25(21-6-3-4-7-21)30-14-16-31(17-15-30)27(33)22-8-5-9-23(28)18-22/h5,8-13,18-19,21,25H,3-4,6-7,14-17H2,1-2H3,(H,29,32). The van der Waals surface area contributed by atoms with Crippen molar-refractivity contribution in [3.63, 3.8) is 0 Å². The van der Waals surface area contributed by atoms with Gasteiger partial charge >= 0.3 is 0 Å². The van der Waals surface area contributed by atoms with Gasteiger partial charge in [0.2, 0.25) is 5.91 Å². The molecule has 33 heavy (non-hydrogen) atoms. The van der Waals surface area contributed by atoms with Crippen molar-refractivity contribution < 1.29 is 14.0 Å². The number of nitrogens with one attached hydrogen (secondary N) is 1. The van der Waals surface area contributed by atoms with Gasteiger partial charge in [0, 0.05) is 37.4 Å². The molecule has 2 aliphatic rings. The van der Waals surface area contributed by atoms with E-state index in [2.05, 4.69) is 36.2 Å². The number of nitrogens with zero attached hydrogens (tertiary/aromatic N) is 2. The molecule has 1 saturated heterocycles. The maximum atomic E-state index is 13.5. The van der Waals surface area contributed by atoms with E-state index in [0.717, 1.165) is 31.4 Å². The molecular formula is C27H34FN3O2. The highest BCUT2D eigenvalue weighted by atomic mass is 19.1. The first kappa shape index (κ1) is 23.4. The summed E-state index contributed by atoms with van der Waals surface area (Å²) >= 11 is 0. The third kappa shape index (κ3) is 5.61.